The summed E-state index contributed by atoms with van der Waals surface area (Å²) in [6.07, 6.45) is 2.44. The molecule has 0 bridgehead atoms. The molecule has 1 aliphatic carbocycles. The third kappa shape index (κ3) is 3.64. The smallest absolute Gasteiger partial charge is 0.308 e. The lowest BCUT2D eigenvalue weighted by atomic mass is 9.91. The molecule has 2 aromatic carbocycles. The van der Waals surface area contributed by atoms with Crippen LogP contribution in [0.3, 0.4) is 0 Å². The lowest BCUT2D eigenvalue weighted by Gasteiger charge is -2.26. The molecule has 6 rings (SSSR count). The number of carbonyl (C=O) groups excluding carboxylic acids is 1. The van der Waals surface area contributed by atoms with E-state index in [0.29, 0.717) is 48.1 Å². The van der Waals surface area contributed by atoms with Crippen LogP contribution in [0.2, 0.25) is 0 Å². The predicted octanol–water partition coefficient (Wildman–Crippen LogP) is 3.72. The number of piperidine rings is 1. The standard InChI is InChI=1S/C26H23F3N6O2/c1-13(36)37-24-19(28)8-14(9-20(24)29)22-23-25(34-33-22)32-21(10-31-23)35-7-6-15-17(11-35)26(15,12-30)16-4-2-3-5-18(16)27/h2-5,8-10,15,17H,6-7,11-12,30H2,1H3,(H,32,33,34)/t15-,17+,26-/m1/s1. The average Bonchev–Trinajstić information content (AvgIpc) is 3.33. The average molecular weight is 509 g/mol. The fourth-order valence-electron chi connectivity index (χ4n) is 5.92. The van der Waals surface area contributed by atoms with Gasteiger partial charge >= 0.3 is 5.97 Å². The lowest BCUT2D eigenvalue weighted by Crippen LogP contribution is -2.32. The largest absolute Gasteiger partial charge is 0.420 e. The first kappa shape index (κ1) is 23.4. The summed E-state index contributed by atoms with van der Waals surface area (Å²) in [7, 11) is 0. The highest BCUT2D eigenvalue weighted by Crippen LogP contribution is 2.63. The Balaban J connectivity index is 1.27. The van der Waals surface area contributed by atoms with Crippen molar-refractivity contribution in [1.82, 2.24) is 20.2 Å². The van der Waals surface area contributed by atoms with Gasteiger partial charge in [0.25, 0.3) is 0 Å². The number of hydrogen-bond donors (Lipinski definition) is 2. The van der Waals surface area contributed by atoms with Gasteiger partial charge in [0, 0.05) is 37.5 Å². The van der Waals surface area contributed by atoms with E-state index in [2.05, 4.69) is 29.8 Å². The van der Waals surface area contributed by atoms with E-state index >= 15 is 0 Å². The van der Waals surface area contributed by atoms with Gasteiger partial charge in [-0.1, -0.05) is 18.2 Å². The second kappa shape index (κ2) is 8.55. The van der Waals surface area contributed by atoms with Gasteiger partial charge in [0.1, 0.15) is 22.8 Å². The van der Waals surface area contributed by atoms with E-state index in [1.54, 1.807) is 12.3 Å². The third-order valence-electron chi connectivity index (χ3n) is 7.64. The summed E-state index contributed by atoms with van der Waals surface area (Å²) >= 11 is 0. The number of H-pyrrole nitrogens is 1. The molecule has 3 atom stereocenters. The fraction of sp³-hybridized carbons (Fsp3) is 0.308. The Bertz CT molecular complexity index is 1520. The molecule has 1 aliphatic heterocycles. The molecule has 3 N–H and O–H groups in total. The maximum Gasteiger partial charge on any atom is 0.308 e. The van der Waals surface area contributed by atoms with Gasteiger partial charge < -0.3 is 15.4 Å². The molecule has 0 spiro atoms. The Morgan fingerprint density at radius 2 is 1.95 bits per heavy atom. The van der Waals surface area contributed by atoms with E-state index in [1.165, 1.54) is 6.07 Å². The van der Waals surface area contributed by atoms with E-state index in [-0.39, 0.29) is 28.4 Å². The number of aromatic amines is 1. The number of carbonyl (C=O) groups is 1. The van der Waals surface area contributed by atoms with E-state index in [4.69, 9.17) is 5.73 Å². The minimum absolute atomic E-state index is 0.121. The molecule has 0 unspecified atom stereocenters. The Morgan fingerprint density at radius 3 is 2.65 bits per heavy atom. The van der Waals surface area contributed by atoms with Crippen molar-refractivity contribution in [3.05, 3.63) is 65.6 Å². The maximum atomic E-state index is 14.6. The van der Waals surface area contributed by atoms with Crippen molar-refractivity contribution in [1.29, 1.82) is 0 Å². The number of aromatic nitrogens is 4. The maximum absolute atomic E-state index is 14.6. The summed E-state index contributed by atoms with van der Waals surface area (Å²) in [4.78, 5) is 22.3. The minimum Gasteiger partial charge on any atom is -0.420 e. The van der Waals surface area contributed by atoms with Gasteiger partial charge in [-0.3, -0.25) is 9.89 Å². The molecule has 4 aromatic rings. The normalized spacial score (nSPS) is 22.7. The minimum atomic E-state index is -1.03. The van der Waals surface area contributed by atoms with Crippen LogP contribution < -0.4 is 15.4 Å². The van der Waals surface area contributed by atoms with Gasteiger partial charge in [0.15, 0.2) is 17.3 Å². The highest BCUT2D eigenvalue weighted by atomic mass is 19.1. The number of anilines is 1. The molecule has 11 heteroatoms. The van der Waals surface area contributed by atoms with Crippen LogP contribution in [0.4, 0.5) is 19.0 Å². The van der Waals surface area contributed by atoms with Crippen molar-refractivity contribution in [3.8, 4) is 17.0 Å². The van der Waals surface area contributed by atoms with Crippen LogP contribution in [0.1, 0.15) is 18.9 Å². The molecule has 2 aromatic heterocycles. The second-order valence-electron chi connectivity index (χ2n) is 9.53. The van der Waals surface area contributed by atoms with E-state index in [1.807, 2.05) is 12.1 Å². The van der Waals surface area contributed by atoms with Crippen molar-refractivity contribution >= 4 is 23.0 Å². The van der Waals surface area contributed by atoms with Crippen LogP contribution >= 0.6 is 0 Å². The number of benzene rings is 2. The molecule has 0 radical (unpaired) electrons. The van der Waals surface area contributed by atoms with Crippen molar-refractivity contribution < 1.29 is 22.7 Å². The Kier molecular flexibility index (Phi) is 5.41. The van der Waals surface area contributed by atoms with Crippen LogP contribution in [0.15, 0.2) is 42.6 Å². The molecule has 1 saturated heterocycles. The predicted molar refractivity (Wildman–Crippen MR) is 129 cm³/mol. The molecule has 0 amide bonds. The molecule has 8 nitrogen and oxygen atoms in total. The molecule has 2 fully saturated rings. The summed E-state index contributed by atoms with van der Waals surface area (Å²) in [6.45, 7) is 2.80. The quantitative estimate of drug-likeness (QED) is 0.312. The zero-order valence-corrected chi connectivity index (χ0v) is 19.8. The highest BCUT2D eigenvalue weighted by Gasteiger charge is 2.66. The van der Waals surface area contributed by atoms with Crippen LogP contribution in [0.25, 0.3) is 22.4 Å². The number of ether oxygens (including phenoxy) is 1. The summed E-state index contributed by atoms with van der Waals surface area (Å²) < 4.78 is 48.1. The molecule has 1 saturated carbocycles. The number of esters is 1. The molecule has 2 aliphatic rings. The van der Waals surface area contributed by atoms with Crippen molar-refractivity contribution in [2.45, 2.75) is 18.8 Å². The Hall–Kier alpha value is -3.99. The number of nitrogens with zero attached hydrogens (tertiary/aromatic N) is 4. The van der Waals surface area contributed by atoms with Gasteiger partial charge in [-0.05, 0) is 42.0 Å². The van der Waals surface area contributed by atoms with Crippen molar-refractivity contribution in [2.24, 2.45) is 17.6 Å². The monoisotopic (exact) mass is 508 g/mol. The summed E-state index contributed by atoms with van der Waals surface area (Å²) in [5, 5.41) is 6.95. The second-order valence-corrected chi connectivity index (χ2v) is 9.53. The fourth-order valence-corrected chi connectivity index (χ4v) is 5.92. The topological polar surface area (TPSA) is 110 Å². The molecular weight excluding hydrogens is 485 g/mol. The zero-order valence-electron chi connectivity index (χ0n) is 19.8. The van der Waals surface area contributed by atoms with E-state index < -0.39 is 23.4 Å². The van der Waals surface area contributed by atoms with E-state index in [9.17, 15) is 18.0 Å². The van der Waals surface area contributed by atoms with Gasteiger partial charge in [0.05, 0.1) is 6.20 Å². The SMILES string of the molecule is CC(=O)Oc1c(F)cc(-c2n[nH]c3nc(N4CC[C@@H]5[C@H](C4)[C@@]5(CN)c4ccccc4F)cnc23)cc1F. The molecule has 3 heterocycles. The first-order valence-electron chi connectivity index (χ1n) is 11.9. The summed E-state index contributed by atoms with van der Waals surface area (Å²) in [5.41, 5.74) is 7.51. The van der Waals surface area contributed by atoms with Crippen LogP contribution in [-0.2, 0) is 10.2 Å². The van der Waals surface area contributed by atoms with E-state index in [0.717, 1.165) is 25.5 Å². The van der Waals surface area contributed by atoms with Crippen LogP contribution in [-0.4, -0.2) is 45.8 Å². The Morgan fingerprint density at radius 1 is 1.19 bits per heavy atom. The first-order chi connectivity index (χ1) is 17.8. The van der Waals surface area contributed by atoms with Gasteiger partial charge in [-0.25, -0.2) is 23.1 Å². The summed E-state index contributed by atoms with van der Waals surface area (Å²) in [6, 6.07) is 8.88. The number of halogens is 3. The van der Waals surface area contributed by atoms with Gasteiger partial charge in [-0.15, -0.1) is 0 Å². The molecular formula is C26H23F3N6O2. The Labute approximate surface area is 209 Å². The number of nitrogens with one attached hydrogen (secondary N) is 1. The number of hydrogen-bond acceptors (Lipinski definition) is 7. The number of rotatable bonds is 5. The van der Waals surface area contributed by atoms with Crippen molar-refractivity contribution in [3.63, 3.8) is 0 Å². The molecule has 190 valence electrons. The first-order valence-corrected chi connectivity index (χ1v) is 11.9. The van der Waals surface area contributed by atoms with Gasteiger partial charge in [0.2, 0.25) is 5.75 Å². The van der Waals surface area contributed by atoms with Crippen LogP contribution in [0.5, 0.6) is 5.75 Å². The number of nitrogens with two attached hydrogens (primary N) is 1. The summed E-state index contributed by atoms with van der Waals surface area (Å²) in [5.74, 6) is -2.77. The van der Waals surface area contributed by atoms with Crippen LogP contribution in [0, 0.1) is 29.3 Å². The molecule has 37 heavy (non-hydrogen) atoms. The van der Waals surface area contributed by atoms with Gasteiger partial charge in [-0.2, -0.15) is 5.10 Å². The zero-order chi connectivity index (χ0) is 25.9. The highest BCUT2D eigenvalue weighted by molar-refractivity contribution is 5.88. The number of fused-ring (bicyclic) bond motifs is 2. The van der Waals surface area contributed by atoms with Crippen molar-refractivity contribution in [2.75, 3.05) is 24.5 Å². The third-order valence-corrected chi connectivity index (χ3v) is 7.64. The lowest BCUT2D eigenvalue weighted by molar-refractivity contribution is -0.132.